The van der Waals surface area contributed by atoms with Crippen LogP contribution in [0.5, 0.6) is 0 Å². The molecule has 0 aliphatic carbocycles. The summed E-state index contributed by atoms with van der Waals surface area (Å²) in [5, 5.41) is 11.6. The first-order valence-electron chi connectivity index (χ1n) is 8.73. The number of sulfonamides is 1. The van der Waals surface area contributed by atoms with Crippen molar-refractivity contribution in [3.8, 4) is 6.07 Å². The highest BCUT2D eigenvalue weighted by molar-refractivity contribution is 7.89. The van der Waals surface area contributed by atoms with E-state index in [9.17, 15) is 18.0 Å². The van der Waals surface area contributed by atoms with Crippen molar-refractivity contribution in [2.45, 2.75) is 37.8 Å². The zero-order valence-corrected chi connectivity index (χ0v) is 17.0. The second-order valence-corrected chi connectivity index (χ2v) is 8.10. The number of anilines is 1. The van der Waals surface area contributed by atoms with Gasteiger partial charge in [-0.05, 0) is 45.0 Å². The van der Waals surface area contributed by atoms with Crippen molar-refractivity contribution in [1.82, 2.24) is 4.72 Å². The molecule has 2 aromatic rings. The summed E-state index contributed by atoms with van der Waals surface area (Å²) in [5.41, 5.74) is 1.45. The fourth-order valence-corrected chi connectivity index (χ4v) is 3.51. The molecular formula is C20H21N3O5S. The number of aryl methyl sites for hydroxylation is 1. The smallest absolute Gasteiger partial charge is 0.324 e. The first-order chi connectivity index (χ1) is 13.6. The maximum Gasteiger partial charge on any atom is 0.324 e. The molecule has 29 heavy (non-hydrogen) atoms. The van der Waals surface area contributed by atoms with Crippen LogP contribution in [-0.4, -0.2) is 32.4 Å². The van der Waals surface area contributed by atoms with Gasteiger partial charge >= 0.3 is 5.97 Å². The predicted molar refractivity (Wildman–Crippen MR) is 106 cm³/mol. The molecule has 0 fully saturated rings. The average molecular weight is 415 g/mol. The van der Waals surface area contributed by atoms with Gasteiger partial charge in [0.2, 0.25) is 10.0 Å². The number of hydrogen-bond acceptors (Lipinski definition) is 6. The summed E-state index contributed by atoms with van der Waals surface area (Å²) in [7, 11) is -3.92. The minimum absolute atomic E-state index is 0.0154. The topological polar surface area (TPSA) is 125 Å². The van der Waals surface area contributed by atoms with Crippen LogP contribution in [0.3, 0.4) is 0 Å². The molecular weight excluding hydrogens is 394 g/mol. The Kier molecular flexibility index (Phi) is 7.09. The summed E-state index contributed by atoms with van der Waals surface area (Å²) in [6, 6.07) is 13.3. The lowest BCUT2D eigenvalue weighted by molar-refractivity contribution is -0.154. The number of hydrogen-bond donors (Lipinski definition) is 2. The number of esters is 1. The van der Waals surface area contributed by atoms with Gasteiger partial charge in [0.15, 0.2) is 6.10 Å². The molecule has 8 nitrogen and oxygen atoms in total. The molecule has 2 atom stereocenters. The quantitative estimate of drug-likeness (QED) is 0.667. The molecule has 0 unspecified atom stereocenters. The molecule has 152 valence electrons. The number of benzene rings is 2. The summed E-state index contributed by atoms with van der Waals surface area (Å²) in [5.74, 6) is -1.55. The fraction of sp³-hybridized carbons (Fsp3) is 0.250. The van der Waals surface area contributed by atoms with Crippen molar-refractivity contribution < 1.29 is 22.7 Å². The third kappa shape index (κ3) is 5.88. The second-order valence-electron chi connectivity index (χ2n) is 6.38. The van der Waals surface area contributed by atoms with Crippen LogP contribution in [0.15, 0.2) is 53.4 Å². The third-order valence-corrected chi connectivity index (χ3v) is 5.54. The van der Waals surface area contributed by atoms with Crippen molar-refractivity contribution in [3.05, 3.63) is 59.7 Å². The van der Waals surface area contributed by atoms with Crippen molar-refractivity contribution in [2.24, 2.45) is 0 Å². The zero-order valence-electron chi connectivity index (χ0n) is 16.2. The van der Waals surface area contributed by atoms with E-state index in [1.165, 1.54) is 32.0 Å². The molecule has 2 rings (SSSR count). The Morgan fingerprint density at radius 1 is 1.07 bits per heavy atom. The van der Waals surface area contributed by atoms with E-state index in [1.54, 1.807) is 30.3 Å². The molecule has 0 aromatic heterocycles. The minimum atomic E-state index is -3.92. The largest absolute Gasteiger partial charge is 0.451 e. The summed E-state index contributed by atoms with van der Waals surface area (Å²) >= 11 is 0. The summed E-state index contributed by atoms with van der Waals surface area (Å²) in [6.45, 7) is 4.50. The number of ether oxygens (including phenoxy) is 1. The minimum Gasteiger partial charge on any atom is -0.451 e. The fourth-order valence-electron chi connectivity index (χ4n) is 2.32. The third-order valence-electron chi connectivity index (χ3n) is 3.98. The number of nitrogens with zero attached hydrogens (tertiary/aromatic N) is 1. The molecule has 0 spiro atoms. The maximum atomic E-state index is 12.4. The molecule has 0 saturated heterocycles. The number of amides is 1. The summed E-state index contributed by atoms with van der Waals surface area (Å²) < 4.78 is 32.0. The van der Waals surface area contributed by atoms with Gasteiger partial charge in [0.05, 0.1) is 16.1 Å². The van der Waals surface area contributed by atoms with Crippen LogP contribution >= 0.6 is 0 Å². The number of rotatable bonds is 7. The van der Waals surface area contributed by atoms with E-state index in [0.29, 0.717) is 0 Å². The number of carbonyl (C=O) groups excluding carboxylic acids is 2. The van der Waals surface area contributed by atoms with Gasteiger partial charge in [-0.25, -0.2) is 8.42 Å². The molecule has 2 aromatic carbocycles. The van der Waals surface area contributed by atoms with E-state index in [1.807, 2.05) is 13.0 Å². The summed E-state index contributed by atoms with van der Waals surface area (Å²) in [4.78, 5) is 24.5. The molecule has 9 heteroatoms. The molecule has 0 bridgehead atoms. The zero-order chi connectivity index (χ0) is 21.6. The van der Waals surface area contributed by atoms with Gasteiger partial charge in [0, 0.05) is 0 Å². The predicted octanol–water partition coefficient (Wildman–Crippen LogP) is 2.10. The first kappa shape index (κ1) is 22.1. The number of nitriles is 1. The van der Waals surface area contributed by atoms with Gasteiger partial charge in [-0.3, -0.25) is 9.59 Å². The van der Waals surface area contributed by atoms with E-state index < -0.39 is 34.0 Å². The molecule has 0 aliphatic heterocycles. The van der Waals surface area contributed by atoms with Crippen LogP contribution in [0.25, 0.3) is 0 Å². The van der Waals surface area contributed by atoms with Crippen LogP contribution < -0.4 is 10.0 Å². The Morgan fingerprint density at radius 3 is 2.31 bits per heavy atom. The number of para-hydroxylation sites is 1. The van der Waals surface area contributed by atoms with Crippen molar-refractivity contribution >= 4 is 27.6 Å². The van der Waals surface area contributed by atoms with E-state index in [4.69, 9.17) is 10.00 Å². The van der Waals surface area contributed by atoms with Gasteiger partial charge < -0.3 is 10.1 Å². The second kappa shape index (κ2) is 9.32. The average Bonchev–Trinajstić information content (AvgIpc) is 2.68. The number of carbonyl (C=O) groups is 2. The lowest BCUT2D eigenvalue weighted by atomic mass is 10.2. The maximum absolute atomic E-state index is 12.4. The standard InChI is InChI=1S/C20H21N3O5S/c1-13-8-10-17(11-9-13)29(26,27)23-14(2)20(25)28-15(3)19(24)22-18-7-5-4-6-16(18)12-21/h4-11,14-15,23H,1-3H3,(H,22,24)/t14-,15+/m0/s1. The van der Waals surface area contributed by atoms with E-state index in [2.05, 4.69) is 10.0 Å². The molecule has 0 saturated carbocycles. The van der Waals surface area contributed by atoms with Gasteiger partial charge in [-0.2, -0.15) is 9.98 Å². The van der Waals surface area contributed by atoms with Gasteiger partial charge in [0.25, 0.3) is 5.91 Å². The Balaban J connectivity index is 1.98. The highest BCUT2D eigenvalue weighted by Crippen LogP contribution is 2.15. The van der Waals surface area contributed by atoms with Crippen LogP contribution in [-0.2, 0) is 24.3 Å². The van der Waals surface area contributed by atoms with Gasteiger partial charge in [-0.15, -0.1) is 0 Å². The first-order valence-corrected chi connectivity index (χ1v) is 10.2. The Hall–Kier alpha value is -3.22. The van der Waals surface area contributed by atoms with Crippen molar-refractivity contribution in [2.75, 3.05) is 5.32 Å². The van der Waals surface area contributed by atoms with Crippen LogP contribution in [0.2, 0.25) is 0 Å². The number of nitrogens with one attached hydrogen (secondary N) is 2. The van der Waals surface area contributed by atoms with Crippen LogP contribution in [0, 0.1) is 18.3 Å². The molecule has 1 amide bonds. The van der Waals surface area contributed by atoms with E-state index in [0.717, 1.165) is 5.56 Å². The van der Waals surface area contributed by atoms with Gasteiger partial charge in [-0.1, -0.05) is 29.8 Å². The highest BCUT2D eigenvalue weighted by Gasteiger charge is 2.26. The van der Waals surface area contributed by atoms with E-state index in [-0.39, 0.29) is 16.1 Å². The highest BCUT2D eigenvalue weighted by atomic mass is 32.2. The lowest BCUT2D eigenvalue weighted by Gasteiger charge is -2.18. The SMILES string of the molecule is Cc1ccc(S(=O)(=O)N[C@@H](C)C(=O)O[C@H](C)C(=O)Nc2ccccc2C#N)cc1. The Bertz CT molecular complexity index is 1040. The summed E-state index contributed by atoms with van der Waals surface area (Å²) in [6.07, 6.45) is -1.19. The molecule has 0 heterocycles. The van der Waals surface area contributed by atoms with Crippen LogP contribution in [0.1, 0.15) is 25.0 Å². The molecule has 0 aliphatic rings. The van der Waals surface area contributed by atoms with E-state index >= 15 is 0 Å². The van der Waals surface area contributed by atoms with Crippen molar-refractivity contribution in [3.63, 3.8) is 0 Å². The normalized spacial score (nSPS) is 13.0. The molecule has 2 N–H and O–H groups in total. The lowest BCUT2D eigenvalue weighted by Crippen LogP contribution is -2.42. The van der Waals surface area contributed by atoms with Gasteiger partial charge in [0.1, 0.15) is 12.1 Å². The van der Waals surface area contributed by atoms with Crippen molar-refractivity contribution in [1.29, 1.82) is 5.26 Å². The molecule has 0 radical (unpaired) electrons. The Labute approximate surface area is 169 Å². The Morgan fingerprint density at radius 2 is 1.69 bits per heavy atom. The van der Waals surface area contributed by atoms with Crippen LogP contribution in [0.4, 0.5) is 5.69 Å². The monoisotopic (exact) mass is 415 g/mol.